The summed E-state index contributed by atoms with van der Waals surface area (Å²) in [6, 6.07) is 8.97. The zero-order chi connectivity index (χ0) is 18.9. The van der Waals surface area contributed by atoms with Gasteiger partial charge in [0.25, 0.3) is 0 Å². The zero-order valence-electron chi connectivity index (χ0n) is 16.1. The molecule has 8 heteroatoms. The van der Waals surface area contributed by atoms with Crippen molar-refractivity contribution in [3.05, 3.63) is 30.3 Å². The molecule has 4 rings (SSSR count). The number of carbonyl (C=O) groups is 1. The van der Waals surface area contributed by atoms with Gasteiger partial charge in [0.05, 0.1) is 10.9 Å². The third-order valence-corrected chi connectivity index (χ3v) is 8.22. The molecular formula is C20H30ClN3O3S. The number of nitrogens with one attached hydrogen (secondary N) is 1. The summed E-state index contributed by atoms with van der Waals surface area (Å²) < 4.78 is 27.2. The van der Waals surface area contributed by atoms with Gasteiger partial charge in [-0.25, -0.2) is 8.42 Å². The van der Waals surface area contributed by atoms with Gasteiger partial charge in [-0.2, -0.15) is 4.31 Å². The zero-order valence-corrected chi connectivity index (χ0v) is 17.8. The van der Waals surface area contributed by atoms with Crippen molar-refractivity contribution in [1.29, 1.82) is 0 Å². The number of hydrogen-bond acceptors (Lipinski definition) is 4. The molecule has 2 saturated heterocycles. The predicted octanol–water partition coefficient (Wildman–Crippen LogP) is 2.25. The number of nitrogens with zero attached hydrogens (tertiary/aromatic N) is 2. The van der Waals surface area contributed by atoms with Crippen molar-refractivity contribution in [2.75, 3.05) is 26.2 Å². The number of fused-ring (bicyclic) bond motifs is 1. The standard InChI is InChI=1S/C20H29N3O3S.ClH/c24-20(19-15-16-7-4-5-10-18(16)21-19)22-11-6-12-23(14-13-22)27(25,26)17-8-2-1-3-9-17;/h1-3,8-9,16,18-19,21H,4-7,10-15H2;1H. The van der Waals surface area contributed by atoms with Crippen LogP contribution >= 0.6 is 12.4 Å². The summed E-state index contributed by atoms with van der Waals surface area (Å²) in [7, 11) is -3.49. The van der Waals surface area contributed by atoms with Crippen LogP contribution in [0.1, 0.15) is 38.5 Å². The smallest absolute Gasteiger partial charge is 0.243 e. The summed E-state index contributed by atoms with van der Waals surface area (Å²) in [4.78, 5) is 15.2. The lowest BCUT2D eigenvalue weighted by molar-refractivity contribution is -0.133. The van der Waals surface area contributed by atoms with E-state index in [1.807, 2.05) is 11.0 Å². The van der Waals surface area contributed by atoms with E-state index in [1.165, 1.54) is 30.0 Å². The fraction of sp³-hybridized carbons (Fsp3) is 0.650. The van der Waals surface area contributed by atoms with E-state index >= 15 is 0 Å². The van der Waals surface area contributed by atoms with Gasteiger partial charge in [0.2, 0.25) is 15.9 Å². The van der Waals surface area contributed by atoms with Crippen molar-refractivity contribution in [3.63, 3.8) is 0 Å². The maximum absolute atomic E-state index is 13.0. The van der Waals surface area contributed by atoms with E-state index in [9.17, 15) is 13.2 Å². The van der Waals surface area contributed by atoms with Crippen LogP contribution in [0.4, 0.5) is 0 Å². The van der Waals surface area contributed by atoms with Crippen LogP contribution in [0, 0.1) is 5.92 Å². The van der Waals surface area contributed by atoms with Crippen LogP contribution < -0.4 is 5.32 Å². The average molecular weight is 428 g/mol. The monoisotopic (exact) mass is 427 g/mol. The number of sulfonamides is 1. The SMILES string of the molecule is Cl.O=C(C1CC2CCCCC2N1)N1CCCN(S(=O)(=O)c2ccccc2)CC1. The minimum Gasteiger partial charge on any atom is -0.340 e. The van der Waals surface area contributed by atoms with Crippen molar-refractivity contribution in [2.45, 2.75) is 55.5 Å². The highest BCUT2D eigenvalue weighted by Gasteiger charge is 2.40. The Bertz CT molecular complexity index is 760. The molecule has 1 amide bonds. The van der Waals surface area contributed by atoms with Gasteiger partial charge >= 0.3 is 0 Å². The van der Waals surface area contributed by atoms with Crippen LogP contribution in [0.2, 0.25) is 0 Å². The summed E-state index contributed by atoms with van der Waals surface area (Å²) in [5.74, 6) is 0.790. The number of amides is 1. The number of halogens is 1. The molecule has 28 heavy (non-hydrogen) atoms. The highest BCUT2D eigenvalue weighted by Crippen LogP contribution is 2.33. The van der Waals surface area contributed by atoms with E-state index in [1.54, 1.807) is 24.3 Å². The van der Waals surface area contributed by atoms with Gasteiger partial charge in [0.15, 0.2) is 0 Å². The molecule has 2 aliphatic heterocycles. The summed E-state index contributed by atoms with van der Waals surface area (Å²) in [5, 5.41) is 3.55. The maximum Gasteiger partial charge on any atom is 0.243 e. The minimum absolute atomic E-state index is 0. The molecular weight excluding hydrogens is 398 g/mol. The number of carbonyl (C=O) groups excluding carboxylic acids is 1. The Labute approximate surface area is 174 Å². The van der Waals surface area contributed by atoms with Crippen molar-refractivity contribution in [2.24, 2.45) is 5.92 Å². The Balaban J connectivity index is 0.00000225. The molecule has 6 nitrogen and oxygen atoms in total. The summed E-state index contributed by atoms with van der Waals surface area (Å²) >= 11 is 0. The first kappa shape index (κ1) is 21.6. The summed E-state index contributed by atoms with van der Waals surface area (Å²) in [6.07, 6.45) is 6.55. The van der Waals surface area contributed by atoms with Crippen LogP contribution in [0.25, 0.3) is 0 Å². The first-order valence-corrected chi connectivity index (χ1v) is 11.6. The molecule has 1 saturated carbocycles. The highest BCUT2D eigenvalue weighted by atomic mass is 35.5. The topological polar surface area (TPSA) is 69.7 Å². The van der Waals surface area contributed by atoms with Crippen molar-refractivity contribution in [3.8, 4) is 0 Å². The van der Waals surface area contributed by atoms with Crippen LogP contribution in [0.3, 0.4) is 0 Å². The van der Waals surface area contributed by atoms with Crippen LogP contribution in [-0.4, -0.2) is 61.8 Å². The molecule has 0 radical (unpaired) electrons. The Morgan fingerprint density at radius 1 is 0.964 bits per heavy atom. The molecule has 1 aromatic rings. The molecule has 1 aliphatic carbocycles. The quantitative estimate of drug-likeness (QED) is 0.803. The van der Waals surface area contributed by atoms with E-state index in [4.69, 9.17) is 0 Å². The van der Waals surface area contributed by atoms with E-state index in [2.05, 4.69) is 5.32 Å². The fourth-order valence-electron chi connectivity index (χ4n) is 4.83. The lowest BCUT2D eigenvalue weighted by atomic mass is 9.85. The van der Waals surface area contributed by atoms with Gasteiger partial charge in [0, 0.05) is 32.2 Å². The van der Waals surface area contributed by atoms with Gasteiger partial charge in [-0.1, -0.05) is 31.0 Å². The lowest BCUT2D eigenvalue weighted by Gasteiger charge is -2.25. The van der Waals surface area contributed by atoms with Gasteiger partial charge in [-0.15, -0.1) is 12.4 Å². The van der Waals surface area contributed by atoms with Gasteiger partial charge in [-0.3, -0.25) is 4.79 Å². The molecule has 3 unspecified atom stereocenters. The average Bonchev–Trinajstić information content (AvgIpc) is 2.97. The van der Waals surface area contributed by atoms with Crippen molar-refractivity contribution in [1.82, 2.24) is 14.5 Å². The van der Waals surface area contributed by atoms with Gasteiger partial charge < -0.3 is 10.2 Å². The van der Waals surface area contributed by atoms with Gasteiger partial charge in [-0.05, 0) is 43.7 Å². The molecule has 0 spiro atoms. The Morgan fingerprint density at radius 3 is 2.46 bits per heavy atom. The van der Waals surface area contributed by atoms with Gasteiger partial charge in [0.1, 0.15) is 0 Å². The van der Waals surface area contributed by atoms with E-state index in [-0.39, 0.29) is 24.4 Å². The third-order valence-electron chi connectivity index (χ3n) is 6.31. The first-order valence-electron chi connectivity index (χ1n) is 10.2. The molecule has 3 atom stereocenters. The first-order chi connectivity index (χ1) is 13.1. The maximum atomic E-state index is 13.0. The fourth-order valence-corrected chi connectivity index (χ4v) is 6.32. The molecule has 1 N–H and O–H groups in total. The van der Waals surface area contributed by atoms with Crippen molar-refractivity contribution >= 4 is 28.3 Å². The highest BCUT2D eigenvalue weighted by molar-refractivity contribution is 7.89. The Kier molecular flexibility index (Phi) is 7.02. The molecule has 3 fully saturated rings. The predicted molar refractivity (Wildman–Crippen MR) is 111 cm³/mol. The third kappa shape index (κ3) is 4.37. The molecule has 156 valence electrons. The molecule has 1 aromatic carbocycles. The summed E-state index contributed by atoms with van der Waals surface area (Å²) in [5.41, 5.74) is 0. The Hall–Kier alpha value is -1.15. The second-order valence-corrected chi connectivity index (χ2v) is 9.94. The largest absolute Gasteiger partial charge is 0.340 e. The number of rotatable bonds is 3. The molecule has 3 aliphatic rings. The summed E-state index contributed by atoms with van der Waals surface area (Å²) in [6.45, 7) is 1.93. The number of hydrogen-bond donors (Lipinski definition) is 1. The van der Waals surface area contributed by atoms with E-state index in [0.717, 1.165) is 6.42 Å². The second-order valence-electron chi connectivity index (χ2n) is 8.00. The lowest BCUT2D eigenvalue weighted by Crippen LogP contribution is -2.46. The minimum atomic E-state index is -3.49. The van der Waals surface area contributed by atoms with Crippen molar-refractivity contribution < 1.29 is 13.2 Å². The Morgan fingerprint density at radius 2 is 1.71 bits per heavy atom. The second kappa shape index (κ2) is 9.11. The van der Waals surface area contributed by atoms with Crippen LogP contribution in [0.15, 0.2) is 35.2 Å². The van der Waals surface area contributed by atoms with E-state index < -0.39 is 10.0 Å². The molecule has 0 bridgehead atoms. The molecule has 2 heterocycles. The molecule has 0 aromatic heterocycles. The van der Waals surface area contributed by atoms with E-state index in [0.29, 0.717) is 49.5 Å². The number of benzene rings is 1. The van der Waals surface area contributed by atoms with Crippen LogP contribution in [0.5, 0.6) is 0 Å². The normalized spacial score (nSPS) is 28.9. The van der Waals surface area contributed by atoms with Crippen LogP contribution in [-0.2, 0) is 14.8 Å².